The lowest BCUT2D eigenvalue weighted by atomic mass is 10.0. The van der Waals surface area contributed by atoms with Gasteiger partial charge in [0.2, 0.25) is 17.0 Å². The summed E-state index contributed by atoms with van der Waals surface area (Å²) in [6, 6.07) is 2.21. The van der Waals surface area contributed by atoms with Crippen molar-refractivity contribution in [3.05, 3.63) is 68.8 Å². The van der Waals surface area contributed by atoms with E-state index in [2.05, 4.69) is 4.98 Å². The zero-order chi connectivity index (χ0) is 27.7. The van der Waals surface area contributed by atoms with Crippen LogP contribution in [0.4, 0.5) is 26.3 Å². The zero-order valence-corrected chi connectivity index (χ0v) is 20.6. The maximum Gasteiger partial charge on any atom is 0.419 e. The number of carbonyl (C=O) groups excluding carboxylic acids is 1. The number of ether oxygens (including phenoxy) is 3. The van der Waals surface area contributed by atoms with Crippen LogP contribution >= 0.6 is 11.8 Å². The van der Waals surface area contributed by atoms with Gasteiger partial charge < -0.3 is 19.2 Å². The first-order valence-electron chi connectivity index (χ1n) is 10.4. The molecule has 0 radical (unpaired) electrons. The first kappa shape index (κ1) is 28.0. The van der Waals surface area contributed by atoms with Crippen LogP contribution in [0.25, 0.3) is 11.3 Å². The van der Waals surface area contributed by atoms with E-state index in [9.17, 15) is 35.9 Å². The molecule has 1 aromatic heterocycles. The highest BCUT2D eigenvalue weighted by Crippen LogP contribution is 2.43. The largest absolute Gasteiger partial charge is 0.490 e. The number of hydrogen-bond acceptors (Lipinski definition) is 6. The van der Waals surface area contributed by atoms with Crippen molar-refractivity contribution >= 4 is 17.7 Å². The monoisotopic (exact) mass is 547 g/mol. The Morgan fingerprint density at radius 2 is 1.76 bits per heavy atom. The zero-order valence-electron chi connectivity index (χ0n) is 19.7. The minimum atomic E-state index is -5.17. The molecule has 0 atom stereocenters. The summed E-state index contributed by atoms with van der Waals surface area (Å²) in [5.74, 6) is -7.75. The van der Waals surface area contributed by atoms with Gasteiger partial charge in [0.1, 0.15) is 17.1 Å². The van der Waals surface area contributed by atoms with Crippen LogP contribution in [0.5, 0.6) is 17.2 Å². The van der Waals surface area contributed by atoms with Crippen LogP contribution in [0.2, 0.25) is 0 Å². The van der Waals surface area contributed by atoms with Crippen molar-refractivity contribution in [2.45, 2.75) is 24.9 Å². The fraction of sp³-hybridized carbons (Fsp3) is 0.250. The molecule has 1 heterocycles. The third-order valence-corrected chi connectivity index (χ3v) is 6.00. The third-order valence-electron chi connectivity index (χ3n) is 5.10. The molecule has 0 bridgehead atoms. The molecule has 0 saturated carbocycles. The molecular weight excluding hydrogens is 528 g/mol. The van der Waals surface area contributed by atoms with Crippen molar-refractivity contribution in [3.8, 4) is 28.5 Å². The van der Waals surface area contributed by atoms with E-state index in [4.69, 9.17) is 14.2 Å². The van der Waals surface area contributed by atoms with Crippen LogP contribution < -0.4 is 14.9 Å². The number of pyridine rings is 1. The van der Waals surface area contributed by atoms with Gasteiger partial charge in [0.15, 0.2) is 11.6 Å². The van der Waals surface area contributed by atoms with Crippen LogP contribution in [0.15, 0.2) is 34.0 Å². The molecule has 13 heteroatoms. The van der Waals surface area contributed by atoms with Gasteiger partial charge in [-0.05, 0) is 44.4 Å². The summed E-state index contributed by atoms with van der Waals surface area (Å²) in [6.07, 6.45) is -3.61. The predicted octanol–water partition coefficient (Wildman–Crippen LogP) is 6.49. The van der Waals surface area contributed by atoms with Gasteiger partial charge in [-0.15, -0.1) is 11.8 Å². The number of H-pyrrole nitrogens is 1. The number of carbonyl (C=O) groups is 1. The average molecular weight is 547 g/mol. The van der Waals surface area contributed by atoms with E-state index in [1.807, 2.05) is 0 Å². The highest BCUT2D eigenvalue weighted by atomic mass is 32.2. The minimum absolute atomic E-state index is 0.115. The Bertz CT molecular complexity index is 1420. The highest BCUT2D eigenvalue weighted by molar-refractivity contribution is 7.98. The summed E-state index contributed by atoms with van der Waals surface area (Å²) >= 11 is 1.000. The van der Waals surface area contributed by atoms with Crippen molar-refractivity contribution in [2.75, 3.05) is 20.0 Å². The summed E-state index contributed by atoms with van der Waals surface area (Å²) in [4.78, 5) is 28.7. The SMILES string of the molecule is CCOC(=O)c1c(-c2cc(F)c(C(F)(F)F)cc2Oc2ccc(F)c(F)c2OC)[nH]c(C)c(SC)c1=O. The van der Waals surface area contributed by atoms with Crippen LogP contribution in [0.3, 0.4) is 0 Å². The lowest BCUT2D eigenvalue weighted by Gasteiger charge is -2.19. The number of methoxy groups -OCH3 is 1. The number of esters is 1. The molecule has 3 aromatic rings. The number of aryl methyl sites for hydroxylation is 1. The lowest BCUT2D eigenvalue weighted by molar-refractivity contribution is -0.140. The molecule has 0 aliphatic rings. The summed E-state index contributed by atoms with van der Waals surface area (Å²) in [5, 5.41) is 0. The summed E-state index contributed by atoms with van der Waals surface area (Å²) in [7, 11) is 0.971. The van der Waals surface area contributed by atoms with Crippen molar-refractivity contribution < 1.29 is 45.3 Å². The molecular formula is C24H19F6NO5S. The molecule has 0 aliphatic heterocycles. The van der Waals surface area contributed by atoms with Gasteiger partial charge in [-0.25, -0.2) is 13.6 Å². The average Bonchev–Trinajstić information content (AvgIpc) is 2.81. The maximum absolute atomic E-state index is 14.7. The van der Waals surface area contributed by atoms with Crippen LogP contribution in [0, 0.1) is 24.4 Å². The summed E-state index contributed by atoms with van der Waals surface area (Å²) < 4.78 is 98.4. The molecule has 0 unspecified atom stereocenters. The number of aromatic nitrogens is 1. The van der Waals surface area contributed by atoms with Crippen molar-refractivity contribution in [3.63, 3.8) is 0 Å². The van der Waals surface area contributed by atoms with Crippen LogP contribution in [0.1, 0.15) is 28.5 Å². The Hall–Kier alpha value is -3.61. The van der Waals surface area contributed by atoms with Crippen molar-refractivity contribution in [2.24, 2.45) is 0 Å². The Kier molecular flexibility index (Phi) is 8.16. The molecule has 2 aromatic carbocycles. The second-order valence-corrected chi connectivity index (χ2v) is 8.22. The van der Waals surface area contributed by atoms with Gasteiger partial charge in [0.05, 0.1) is 29.9 Å². The molecule has 37 heavy (non-hydrogen) atoms. The number of nitrogens with one attached hydrogen (secondary N) is 1. The Labute approximate surface area is 210 Å². The summed E-state index contributed by atoms with van der Waals surface area (Å²) in [5.41, 5.74) is -3.84. The number of halogens is 6. The molecule has 0 saturated heterocycles. The van der Waals surface area contributed by atoms with E-state index in [-0.39, 0.29) is 23.3 Å². The van der Waals surface area contributed by atoms with Gasteiger partial charge in [-0.3, -0.25) is 4.79 Å². The van der Waals surface area contributed by atoms with E-state index in [0.717, 1.165) is 24.9 Å². The second kappa shape index (κ2) is 10.8. The van der Waals surface area contributed by atoms with E-state index in [1.54, 1.807) is 6.26 Å². The fourth-order valence-corrected chi connectivity index (χ4v) is 4.15. The molecule has 0 amide bonds. The maximum atomic E-state index is 14.7. The molecule has 0 fully saturated rings. The van der Waals surface area contributed by atoms with Gasteiger partial charge in [0, 0.05) is 11.3 Å². The Morgan fingerprint density at radius 1 is 1.08 bits per heavy atom. The topological polar surface area (TPSA) is 77.6 Å². The Balaban J connectivity index is 2.41. The van der Waals surface area contributed by atoms with Crippen molar-refractivity contribution in [1.29, 1.82) is 0 Å². The van der Waals surface area contributed by atoms with Crippen molar-refractivity contribution in [1.82, 2.24) is 4.98 Å². The Morgan fingerprint density at radius 3 is 2.32 bits per heavy atom. The first-order valence-corrected chi connectivity index (χ1v) is 11.7. The highest BCUT2D eigenvalue weighted by Gasteiger charge is 2.36. The van der Waals surface area contributed by atoms with E-state index < -0.39 is 74.7 Å². The van der Waals surface area contributed by atoms with E-state index in [1.165, 1.54) is 13.8 Å². The minimum Gasteiger partial charge on any atom is -0.490 e. The molecule has 6 nitrogen and oxygen atoms in total. The predicted molar refractivity (Wildman–Crippen MR) is 123 cm³/mol. The third kappa shape index (κ3) is 5.41. The number of benzene rings is 2. The normalized spacial score (nSPS) is 11.4. The molecule has 198 valence electrons. The van der Waals surface area contributed by atoms with Gasteiger partial charge in [-0.1, -0.05) is 0 Å². The molecule has 0 aliphatic carbocycles. The van der Waals surface area contributed by atoms with Gasteiger partial charge in [-0.2, -0.15) is 17.6 Å². The molecule has 3 rings (SSSR count). The molecule has 1 N–H and O–H groups in total. The number of alkyl halides is 3. The second-order valence-electron chi connectivity index (χ2n) is 7.40. The quantitative estimate of drug-likeness (QED) is 0.207. The number of rotatable bonds is 7. The number of hydrogen-bond donors (Lipinski definition) is 1. The van der Waals surface area contributed by atoms with Gasteiger partial charge in [0.25, 0.3) is 0 Å². The van der Waals surface area contributed by atoms with Crippen LogP contribution in [-0.4, -0.2) is 30.9 Å². The smallest absolute Gasteiger partial charge is 0.419 e. The van der Waals surface area contributed by atoms with Crippen LogP contribution in [-0.2, 0) is 10.9 Å². The number of thioether (sulfide) groups is 1. The van der Waals surface area contributed by atoms with E-state index in [0.29, 0.717) is 12.1 Å². The first-order chi connectivity index (χ1) is 17.3. The standard InChI is InChI=1S/C24H19F6NO5S/c1-5-35-23(33)17-19(31-10(2)22(37-4)20(17)32)11-8-14(26)12(24(28,29)30)9-16(11)36-15-7-6-13(25)18(27)21(15)34-3/h6-9H,5H2,1-4H3,(H,31,32). The number of aromatic amines is 1. The van der Waals surface area contributed by atoms with Gasteiger partial charge >= 0.3 is 12.1 Å². The molecule has 0 spiro atoms. The fourth-order valence-electron chi connectivity index (χ4n) is 3.50. The lowest BCUT2D eigenvalue weighted by Crippen LogP contribution is -2.23. The van der Waals surface area contributed by atoms with E-state index >= 15 is 0 Å². The summed E-state index contributed by atoms with van der Waals surface area (Å²) in [6.45, 7) is 2.79.